The van der Waals surface area contributed by atoms with E-state index in [9.17, 15) is 18.0 Å². The topological polar surface area (TPSA) is 105 Å². The molecule has 0 radical (unpaired) electrons. The molecule has 0 bridgehead atoms. The van der Waals surface area contributed by atoms with Crippen molar-refractivity contribution in [2.45, 2.75) is 0 Å². The Morgan fingerprint density at radius 2 is 2.05 bits per heavy atom. The van der Waals surface area contributed by atoms with E-state index >= 15 is 0 Å². The van der Waals surface area contributed by atoms with Crippen LogP contribution in [0.2, 0.25) is 0 Å². The molecule has 8 heteroatoms. The third-order valence-corrected chi connectivity index (χ3v) is 3.29. The summed E-state index contributed by atoms with van der Waals surface area (Å²) in [7, 11) is -1.70. The van der Waals surface area contributed by atoms with Gasteiger partial charge in [-0.2, -0.15) is 0 Å². The van der Waals surface area contributed by atoms with Crippen LogP contribution in [0, 0.1) is 0 Å². The van der Waals surface area contributed by atoms with Crippen LogP contribution in [0.25, 0.3) is 0 Å². The summed E-state index contributed by atoms with van der Waals surface area (Å²) in [5, 5.41) is 8.77. The van der Waals surface area contributed by atoms with Gasteiger partial charge in [-0.25, -0.2) is 18.2 Å². The third-order valence-electron chi connectivity index (χ3n) is 2.37. The molecule has 0 saturated heterocycles. The zero-order chi connectivity index (χ0) is 14.6. The molecule has 1 rings (SSSR count). The molecule has 0 aliphatic rings. The largest absolute Gasteiger partial charge is 0.477 e. The Labute approximate surface area is 110 Å². The summed E-state index contributed by atoms with van der Waals surface area (Å²) in [5.74, 6) is -1.83. The smallest absolute Gasteiger partial charge is 0.354 e. The lowest BCUT2D eigenvalue weighted by Gasteiger charge is -2.16. The number of rotatable bonds is 5. The molecule has 0 unspecified atom stereocenters. The van der Waals surface area contributed by atoms with Crippen LogP contribution in [0.3, 0.4) is 0 Å². The van der Waals surface area contributed by atoms with Crippen LogP contribution in [0.15, 0.2) is 18.3 Å². The molecule has 104 valence electrons. The number of amides is 1. The Balaban J connectivity index is 2.82. The number of sulfone groups is 1. The molecule has 0 aliphatic carbocycles. The lowest BCUT2D eigenvalue weighted by Crippen LogP contribution is -2.31. The number of nitrogens with zero attached hydrogens (tertiary/aromatic N) is 2. The predicted octanol–water partition coefficient (Wildman–Crippen LogP) is -0.104. The average molecular weight is 286 g/mol. The van der Waals surface area contributed by atoms with Crippen molar-refractivity contribution in [3.05, 3.63) is 29.6 Å². The molecule has 0 fully saturated rings. The van der Waals surface area contributed by atoms with E-state index in [2.05, 4.69) is 4.98 Å². The Morgan fingerprint density at radius 3 is 2.58 bits per heavy atom. The second-order valence-electron chi connectivity index (χ2n) is 4.09. The number of carbonyl (C=O) groups excluding carboxylic acids is 1. The Bertz CT molecular complexity index is 597. The van der Waals surface area contributed by atoms with Gasteiger partial charge in [0, 0.05) is 31.6 Å². The van der Waals surface area contributed by atoms with Gasteiger partial charge in [0.2, 0.25) is 0 Å². The molecular formula is C11H14N2O5S. The van der Waals surface area contributed by atoms with Crippen LogP contribution in [-0.4, -0.2) is 60.9 Å². The van der Waals surface area contributed by atoms with Gasteiger partial charge >= 0.3 is 5.97 Å². The molecule has 0 saturated carbocycles. The number of pyridine rings is 1. The molecule has 1 N–H and O–H groups in total. The minimum atomic E-state index is -3.16. The molecule has 0 aromatic carbocycles. The van der Waals surface area contributed by atoms with Gasteiger partial charge in [-0.15, -0.1) is 0 Å². The Hall–Kier alpha value is -1.96. The van der Waals surface area contributed by atoms with Crippen LogP contribution in [0.4, 0.5) is 0 Å². The number of carboxylic acids is 1. The van der Waals surface area contributed by atoms with E-state index in [4.69, 9.17) is 5.11 Å². The molecule has 19 heavy (non-hydrogen) atoms. The first-order chi connectivity index (χ1) is 8.70. The van der Waals surface area contributed by atoms with E-state index in [1.54, 1.807) is 0 Å². The third kappa shape index (κ3) is 4.66. The van der Waals surface area contributed by atoms with Crippen LogP contribution in [-0.2, 0) is 9.84 Å². The first kappa shape index (κ1) is 15.1. The number of carbonyl (C=O) groups is 2. The highest BCUT2D eigenvalue weighted by Crippen LogP contribution is 2.05. The predicted molar refractivity (Wildman–Crippen MR) is 67.9 cm³/mol. The maximum atomic E-state index is 11.9. The summed E-state index contributed by atoms with van der Waals surface area (Å²) in [6.07, 6.45) is 2.31. The Morgan fingerprint density at radius 1 is 1.42 bits per heavy atom. The van der Waals surface area contributed by atoms with Crippen molar-refractivity contribution in [1.29, 1.82) is 0 Å². The standard InChI is InChI=1S/C11H14N2O5S/c1-13(5-6-19(2,17)18)10(14)8-3-4-12-9(7-8)11(15)16/h3-4,7H,5-6H2,1-2H3,(H,15,16). The van der Waals surface area contributed by atoms with Crippen LogP contribution in [0.5, 0.6) is 0 Å². The molecule has 0 atom stereocenters. The molecule has 7 nitrogen and oxygen atoms in total. The van der Waals surface area contributed by atoms with Gasteiger partial charge in [-0.3, -0.25) is 4.79 Å². The molecule has 1 aromatic heterocycles. The maximum Gasteiger partial charge on any atom is 0.354 e. The summed E-state index contributed by atoms with van der Waals surface area (Å²) in [5.41, 5.74) is -0.0780. The van der Waals surface area contributed by atoms with Crippen LogP contribution in [0.1, 0.15) is 20.8 Å². The van der Waals surface area contributed by atoms with Gasteiger partial charge in [-0.1, -0.05) is 0 Å². The van der Waals surface area contributed by atoms with Gasteiger partial charge in [-0.05, 0) is 12.1 Å². The lowest BCUT2D eigenvalue weighted by molar-refractivity contribution is 0.0690. The van der Waals surface area contributed by atoms with Crippen molar-refractivity contribution in [2.24, 2.45) is 0 Å². The Kier molecular flexibility index (Phi) is 4.60. The number of aromatic carboxylic acids is 1. The zero-order valence-electron chi connectivity index (χ0n) is 10.5. The first-order valence-corrected chi connectivity index (χ1v) is 7.39. The van der Waals surface area contributed by atoms with Crippen molar-refractivity contribution >= 4 is 21.7 Å². The molecule has 1 amide bonds. The molecule has 1 heterocycles. The monoisotopic (exact) mass is 286 g/mol. The second kappa shape index (κ2) is 5.79. The van der Waals surface area contributed by atoms with E-state index in [1.165, 1.54) is 24.2 Å². The number of hydrogen-bond donors (Lipinski definition) is 1. The zero-order valence-corrected chi connectivity index (χ0v) is 11.3. The normalized spacial score (nSPS) is 11.1. The van der Waals surface area contributed by atoms with Gasteiger partial charge in [0.25, 0.3) is 5.91 Å². The lowest BCUT2D eigenvalue weighted by atomic mass is 10.2. The fraction of sp³-hybridized carbons (Fsp3) is 0.364. The fourth-order valence-corrected chi connectivity index (χ4v) is 1.91. The highest BCUT2D eigenvalue weighted by atomic mass is 32.2. The van der Waals surface area contributed by atoms with Crippen LogP contribution < -0.4 is 0 Å². The molecule has 1 aromatic rings. The van der Waals surface area contributed by atoms with Crippen molar-refractivity contribution in [3.8, 4) is 0 Å². The minimum Gasteiger partial charge on any atom is -0.477 e. The maximum absolute atomic E-state index is 11.9. The van der Waals surface area contributed by atoms with Gasteiger partial charge in [0.1, 0.15) is 15.5 Å². The average Bonchev–Trinajstić information content (AvgIpc) is 2.34. The van der Waals surface area contributed by atoms with E-state index < -0.39 is 21.7 Å². The van der Waals surface area contributed by atoms with Crippen molar-refractivity contribution in [1.82, 2.24) is 9.88 Å². The van der Waals surface area contributed by atoms with Gasteiger partial charge < -0.3 is 10.0 Å². The van der Waals surface area contributed by atoms with Crippen LogP contribution >= 0.6 is 0 Å². The van der Waals surface area contributed by atoms with Crippen molar-refractivity contribution in [3.63, 3.8) is 0 Å². The van der Waals surface area contributed by atoms with Gasteiger partial charge in [0.05, 0.1) is 5.75 Å². The number of carboxylic acid groups (broad SMARTS) is 1. The molecule has 0 spiro atoms. The van der Waals surface area contributed by atoms with Gasteiger partial charge in [0.15, 0.2) is 0 Å². The summed E-state index contributed by atoms with van der Waals surface area (Å²) >= 11 is 0. The summed E-state index contributed by atoms with van der Waals surface area (Å²) in [6, 6.07) is 2.54. The van der Waals surface area contributed by atoms with E-state index in [0.717, 1.165) is 12.3 Å². The number of aromatic nitrogens is 1. The minimum absolute atomic E-state index is 0.0440. The van der Waals surface area contributed by atoms with Crippen molar-refractivity contribution in [2.75, 3.05) is 25.6 Å². The molecular weight excluding hydrogens is 272 g/mol. The molecule has 0 aliphatic heterocycles. The quantitative estimate of drug-likeness (QED) is 0.810. The summed E-state index contributed by atoms with van der Waals surface area (Å²) in [4.78, 5) is 27.5. The SMILES string of the molecule is CN(CCS(C)(=O)=O)C(=O)c1ccnc(C(=O)O)c1. The van der Waals surface area contributed by atoms with E-state index in [-0.39, 0.29) is 23.6 Å². The second-order valence-corrected chi connectivity index (χ2v) is 6.35. The highest BCUT2D eigenvalue weighted by Gasteiger charge is 2.15. The highest BCUT2D eigenvalue weighted by molar-refractivity contribution is 7.90. The summed E-state index contributed by atoms with van der Waals surface area (Å²) in [6.45, 7) is 0.0440. The first-order valence-electron chi connectivity index (χ1n) is 5.33. The van der Waals surface area contributed by atoms with E-state index in [0.29, 0.717) is 0 Å². The summed E-state index contributed by atoms with van der Waals surface area (Å²) < 4.78 is 22.0. The van der Waals surface area contributed by atoms with Crippen molar-refractivity contribution < 1.29 is 23.1 Å². The van der Waals surface area contributed by atoms with E-state index in [1.807, 2.05) is 0 Å². The fourth-order valence-electron chi connectivity index (χ4n) is 1.31. The number of hydrogen-bond acceptors (Lipinski definition) is 5.